The molecule has 3 fully saturated rings. The molecule has 2 aliphatic heterocycles. The molecule has 1 aliphatic carbocycles. The highest BCUT2D eigenvalue weighted by Crippen LogP contribution is 2.28. The summed E-state index contributed by atoms with van der Waals surface area (Å²) in [6, 6.07) is 0.0104. The van der Waals surface area contributed by atoms with E-state index in [1.165, 1.54) is 12.8 Å². The van der Waals surface area contributed by atoms with Gasteiger partial charge in [-0.1, -0.05) is 0 Å². The van der Waals surface area contributed by atoms with Gasteiger partial charge in [0.05, 0.1) is 6.04 Å². The minimum Gasteiger partial charge on any atom is -0.357 e. The molecule has 3 rings (SSSR count). The van der Waals surface area contributed by atoms with Gasteiger partial charge in [-0.15, -0.1) is 24.0 Å². The van der Waals surface area contributed by atoms with Crippen LogP contribution >= 0.6 is 24.0 Å². The number of hydrogen-bond donors (Lipinski definition) is 1. The highest BCUT2D eigenvalue weighted by Gasteiger charge is 2.30. The number of hydrogen-bond acceptors (Lipinski definition) is 3. The molecule has 1 amide bonds. The fraction of sp³-hybridized carbons (Fsp3) is 0.889. The fourth-order valence-electron chi connectivity index (χ4n) is 3.62. The van der Waals surface area contributed by atoms with Crippen LogP contribution in [0.15, 0.2) is 4.99 Å². The lowest BCUT2D eigenvalue weighted by atomic mass is 10.2. The Morgan fingerprint density at radius 3 is 2.28 bits per heavy atom. The van der Waals surface area contributed by atoms with Gasteiger partial charge < -0.3 is 15.1 Å². The minimum atomic E-state index is 0. The first kappa shape index (κ1) is 20.7. The van der Waals surface area contributed by atoms with Crippen molar-refractivity contribution in [3.05, 3.63) is 0 Å². The third-order valence-electron chi connectivity index (χ3n) is 5.47. The summed E-state index contributed by atoms with van der Waals surface area (Å²) in [5.74, 6) is 2.19. The van der Waals surface area contributed by atoms with E-state index in [-0.39, 0.29) is 30.0 Å². The number of carbonyl (C=O) groups excluding carboxylic acids is 1. The molecule has 0 radical (unpaired) electrons. The van der Waals surface area contributed by atoms with Crippen molar-refractivity contribution >= 4 is 35.8 Å². The number of guanidine groups is 1. The molecule has 0 bridgehead atoms. The van der Waals surface area contributed by atoms with Crippen LogP contribution in [-0.2, 0) is 4.79 Å². The Bertz CT molecular complexity index is 454. The zero-order valence-corrected chi connectivity index (χ0v) is 18.1. The molecule has 1 atom stereocenters. The normalized spacial score (nSPS) is 23.4. The van der Waals surface area contributed by atoms with Crippen molar-refractivity contribution in [1.29, 1.82) is 0 Å². The summed E-state index contributed by atoms with van der Waals surface area (Å²) in [4.78, 5) is 24.1. The zero-order chi connectivity index (χ0) is 16.9. The highest BCUT2D eigenvalue weighted by atomic mass is 127. The molecular formula is C18H34IN5O. The third-order valence-corrected chi connectivity index (χ3v) is 5.47. The van der Waals surface area contributed by atoms with Crippen LogP contribution in [0.2, 0.25) is 0 Å². The molecule has 0 aromatic heterocycles. The van der Waals surface area contributed by atoms with Crippen molar-refractivity contribution in [1.82, 2.24) is 20.0 Å². The average molecular weight is 463 g/mol. The van der Waals surface area contributed by atoms with E-state index in [2.05, 4.69) is 29.0 Å². The highest BCUT2D eigenvalue weighted by molar-refractivity contribution is 14.0. The first-order chi connectivity index (χ1) is 11.7. The first-order valence-corrected chi connectivity index (χ1v) is 9.75. The van der Waals surface area contributed by atoms with E-state index >= 15 is 0 Å². The second-order valence-corrected chi connectivity index (χ2v) is 7.37. The number of rotatable bonds is 5. The van der Waals surface area contributed by atoms with E-state index in [9.17, 15) is 4.79 Å². The van der Waals surface area contributed by atoms with Crippen LogP contribution in [0.5, 0.6) is 0 Å². The summed E-state index contributed by atoms with van der Waals surface area (Å²) in [6.07, 6.45) is 5.01. The lowest BCUT2D eigenvalue weighted by Crippen LogP contribution is -2.57. The van der Waals surface area contributed by atoms with E-state index in [0.29, 0.717) is 5.91 Å². The standard InChI is InChI=1S/C18H33N5O.HI/c1-3-19-18(20-14-16-6-7-16)23-12-10-21(11-13-23)15(2)17(24)22-8-4-5-9-22;/h15-16H,3-14H2,1-2H3,(H,19,20);1H. The molecule has 1 saturated carbocycles. The summed E-state index contributed by atoms with van der Waals surface area (Å²) >= 11 is 0. The molecule has 2 heterocycles. The smallest absolute Gasteiger partial charge is 0.239 e. The van der Waals surface area contributed by atoms with Crippen molar-refractivity contribution in [2.45, 2.75) is 45.6 Å². The molecule has 25 heavy (non-hydrogen) atoms. The second-order valence-electron chi connectivity index (χ2n) is 7.37. The SMILES string of the molecule is CCNC(=NCC1CC1)N1CCN(C(C)C(=O)N2CCCC2)CC1.I. The molecule has 6 nitrogen and oxygen atoms in total. The van der Waals surface area contributed by atoms with E-state index in [1.54, 1.807) is 0 Å². The van der Waals surface area contributed by atoms with E-state index in [4.69, 9.17) is 4.99 Å². The van der Waals surface area contributed by atoms with Crippen LogP contribution in [0.4, 0.5) is 0 Å². The number of likely N-dealkylation sites (tertiary alicyclic amines) is 1. The predicted octanol–water partition coefficient (Wildman–Crippen LogP) is 1.61. The van der Waals surface area contributed by atoms with Crippen molar-refractivity contribution in [3.8, 4) is 0 Å². The van der Waals surface area contributed by atoms with E-state index < -0.39 is 0 Å². The van der Waals surface area contributed by atoms with Gasteiger partial charge in [0.1, 0.15) is 0 Å². The van der Waals surface area contributed by atoms with Gasteiger partial charge in [-0.25, -0.2) is 0 Å². The predicted molar refractivity (Wildman–Crippen MR) is 113 cm³/mol. The van der Waals surface area contributed by atoms with Gasteiger partial charge in [-0.2, -0.15) is 0 Å². The maximum absolute atomic E-state index is 12.6. The van der Waals surface area contributed by atoms with Crippen LogP contribution in [0.3, 0.4) is 0 Å². The molecule has 1 unspecified atom stereocenters. The molecular weight excluding hydrogens is 429 g/mol. The number of aliphatic imine (C=N–C) groups is 1. The second kappa shape index (κ2) is 9.94. The molecule has 0 aromatic carbocycles. The van der Waals surface area contributed by atoms with Crippen LogP contribution in [0.1, 0.15) is 39.5 Å². The maximum atomic E-state index is 12.6. The quantitative estimate of drug-likeness (QED) is 0.383. The van der Waals surface area contributed by atoms with Crippen LogP contribution in [0, 0.1) is 5.92 Å². The van der Waals surface area contributed by atoms with Gasteiger partial charge in [0.2, 0.25) is 5.91 Å². The number of halogens is 1. The van der Waals surface area contributed by atoms with Crippen molar-refractivity contribution in [3.63, 3.8) is 0 Å². The molecule has 7 heteroatoms. The van der Waals surface area contributed by atoms with Crippen molar-refractivity contribution < 1.29 is 4.79 Å². The molecule has 3 aliphatic rings. The molecule has 0 spiro atoms. The largest absolute Gasteiger partial charge is 0.357 e. The molecule has 1 N–H and O–H groups in total. The van der Waals surface area contributed by atoms with E-state index in [0.717, 1.165) is 77.1 Å². The Hall–Kier alpha value is -0.570. The monoisotopic (exact) mass is 463 g/mol. The van der Waals surface area contributed by atoms with Crippen LogP contribution < -0.4 is 5.32 Å². The Balaban J connectivity index is 0.00000225. The number of piperazine rings is 1. The summed E-state index contributed by atoms with van der Waals surface area (Å²) in [6.45, 7) is 11.7. The van der Waals surface area contributed by atoms with Gasteiger partial charge in [-0.05, 0) is 45.4 Å². The van der Waals surface area contributed by atoms with Gasteiger partial charge >= 0.3 is 0 Å². The lowest BCUT2D eigenvalue weighted by molar-refractivity contribution is -0.135. The summed E-state index contributed by atoms with van der Waals surface area (Å²) in [5, 5.41) is 3.43. The number of nitrogens with one attached hydrogen (secondary N) is 1. The third kappa shape index (κ3) is 5.70. The summed E-state index contributed by atoms with van der Waals surface area (Å²) in [7, 11) is 0. The first-order valence-electron chi connectivity index (χ1n) is 9.75. The fourth-order valence-corrected chi connectivity index (χ4v) is 3.62. The van der Waals surface area contributed by atoms with Crippen molar-refractivity contribution in [2.75, 3.05) is 52.4 Å². The molecule has 144 valence electrons. The minimum absolute atomic E-state index is 0. The van der Waals surface area contributed by atoms with E-state index in [1.807, 2.05) is 4.90 Å². The molecule has 2 saturated heterocycles. The lowest BCUT2D eigenvalue weighted by Gasteiger charge is -2.39. The summed E-state index contributed by atoms with van der Waals surface area (Å²) in [5.41, 5.74) is 0. The number of carbonyl (C=O) groups is 1. The van der Waals surface area contributed by atoms with Gasteiger partial charge in [0, 0.05) is 52.4 Å². The average Bonchev–Trinajstić information content (AvgIpc) is 3.28. The van der Waals surface area contributed by atoms with Crippen LogP contribution in [-0.4, -0.2) is 85.0 Å². The Morgan fingerprint density at radius 2 is 1.72 bits per heavy atom. The number of nitrogens with zero attached hydrogens (tertiary/aromatic N) is 4. The molecule has 0 aromatic rings. The zero-order valence-electron chi connectivity index (χ0n) is 15.7. The van der Waals surface area contributed by atoms with Gasteiger partial charge in [0.25, 0.3) is 0 Å². The Labute approximate surface area is 169 Å². The van der Waals surface area contributed by atoms with Gasteiger partial charge in [-0.3, -0.25) is 14.7 Å². The Kier molecular flexibility index (Phi) is 8.25. The summed E-state index contributed by atoms with van der Waals surface area (Å²) < 4.78 is 0. The topological polar surface area (TPSA) is 51.2 Å². The van der Waals surface area contributed by atoms with Gasteiger partial charge in [0.15, 0.2) is 5.96 Å². The number of amides is 1. The van der Waals surface area contributed by atoms with Crippen molar-refractivity contribution in [2.24, 2.45) is 10.9 Å². The Morgan fingerprint density at radius 1 is 1.08 bits per heavy atom. The van der Waals surface area contributed by atoms with Crippen LogP contribution in [0.25, 0.3) is 0 Å². The maximum Gasteiger partial charge on any atom is 0.239 e.